The summed E-state index contributed by atoms with van der Waals surface area (Å²) in [7, 11) is 0. The molecule has 0 atom stereocenters. The molecule has 3 rings (SSSR count). The molecule has 0 amide bonds. The van der Waals surface area contributed by atoms with Gasteiger partial charge in [0, 0.05) is 0 Å². The Labute approximate surface area is 105 Å². The summed E-state index contributed by atoms with van der Waals surface area (Å²) in [5.41, 5.74) is 0.296. The molecule has 0 fully saturated rings. The predicted octanol–water partition coefficient (Wildman–Crippen LogP) is 0.276. The van der Waals surface area contributed by atoms with Gasteiger partial charge in [-0.3, -0.25) is 0 Å². The average molecular weight is 259 g/mol. The third kappa shape index (κ3) is 1.58. The van der Waals surface area contributed by atoms with Crippen molar-refractivity contribution in [2.24, 2.45) is 0 Å². The van der Waals surface area contributed by atoms with Gasteiger partial charge >= 0.3 is 17.9 Å². The Bertz CT molecular complexity index is 716. The molecule has 8 heteroatoms. The van der Waals surface area contributed by atoms with Crippen LogP contribution in [-0.4, -0.2) is 38.0 Å². The Morgan fingerprint density at radius 2 is 1.84 bits per heavy atom. The molecule has 0 saturated carbocycles. The maximum Gasteiger partial charge on any atom is 0.369 e. The minimum Gasteiger partial charge on any atom is -0.478 e. The number of nitrogens with zero attached hydrogens (tertiary/aromatic N) is 3. The summed E-state index contributed by atoms with van der Waals surface area (Å²) in [6, 6.07) is 5.62. The van der Waals surface area contributed by atoms with Crippen molar-refractivity contribution in [3.63, 3.8) is 0 Å². The fourth-order valence-electron chi connectivity index (χ4n) is 1.71. The van der Waals surface area contributed by atoms with Gasteiger partial charge < -0.3 is 9.84 Å². The van der Waals surface area contributed by atoms with Crippen molar-refractivity contribution in [3.8, 4) is 5.69 Å². The van der Waals surface area contributed by atoms with E-state index in [-0.39, 0.29) is 17.0 Å². The lowest BCUT2D eigenvalue weighted by molar-refractivity contribution is 0.0433. The number of rotatable bonds is 2. The molecule has 0 unspecified atom stereocenters. The van der Waals surface area contributed by atoms with Gasteiger partial charge in [0.15, 0.2) is 5.69 Å². The summed E-state index contributed by atoms with van der Waals surface area (Å²) in [6.07, 6.45) is 0. The highest BCUT2D eigenvalue weighted by atomic mass is 16.6. The van der Waals surface area contributed by atoms with E-state index in [0.717, 1.165) is 4.68 Å². The van der Waals surface area contributed by atoms with E-state index >= 15 is 0 Å². The van der Waals surface area contributed by atoms with E-state index in [2.05, 4.69) is 15.0 Å². The van der Waals surface area contributed by atoms with Crippen LogP contribution in [0.15, 0.2) is 24.3 Å². The fourth-order valence-corrected chi connectivity index (χ4v) is 1.71. The van der Waals surface area contributed by atoms with Crippen molar-refractivity contribution in [3.05, 3.63) is 41.2 Å². The molecule has 19 heavy (non-hydrogen) atoms. The van der Waals surface area contributed by atoms with Gasteiger partial charge in [0.05, 0.1) is 11.3 Å². The highest BCUT2D eigenvalue weighted by molar-refractivity contribution is 6.12. The van der Waals surface area contributed by atoms with Crippen molar-refractivity contribution in [2.45, 2.75) is 0 Å². The second-order valence-electron chi connectivity index (χ2n) is 3.73. The van der Waals surface area contributed by atoms with Crippen LogP contribution in [0.3, 0.4) is 0 Å². The molecule has 1 aliphatic heterocycles. The van der Waals surface area contributed by atoms with E-state index < -0.39 is 17.9 Å². The van der Waals surface area contributed by atoms with Gasteiger partial charge in [0.25, 0.3) is 0 Å². The Morgan fingerprint density at radius 1 is 1.16 bits per heavy atom. The van der Waals surface area contributed by atoms with Crippen LogP contribution in [0.25, 0.3) is 5.69 Å². The van der Waals surface area contributed by atoms with Crippen LogP contribution in [-0.2, 0) is 4.74 Å². The van der Waals surface area contributed by atoms with E-state index in [0.29, 0.717) is 5.69 Å². The lowest BCUT2D eigenvalue weighted by Crippen LogP contribution is -2.08. The number of carboxylic acids is 1. The Kier molecular flexibility index (Phi) is 2.18. The van der Waals surface area contributed by atoms with E-state index in [1.165, 1.54) is 24.3 Å². The van der Waals surface area contributed by atoms with Crippen LogP contribution in [0.2, 0.25) is 0 Å². The first-order chi connectivity index (χ1) is 9.08. The molecule has 2 heterocycles. The standard InChI is InChI=1S/C11H5N3O5/c15-9(16)5-1-3-6(4-2-5)14-8-7(12-13-14)10(17)19-11(8)18/h1-4H,(H,15,16). The van der Waals surface area contributed by atoms with Crippen molar-refractivity contribution in [1.29, 1.82) is 0 Å². The first kappa shape index (κ1) is 11.1. The Balaban J connectivity index is 2.09. The molecule has 1 aromatic heterocycles. The number of fused-ring (bicyclic) bond motifs is 1. The summed E-state index contributed by atoms with van der Waals surface area (Å²) in [5, 5.41) is 16.0. The number of carbonyl (C=O) groups is 3. The molecule has 0 radical (unpaired) electrons. The summed E-state index contributed by atoms with van der Waals surface area (Å²) < 4.78 is 5.53. The summed E-state index contributed by atoms with van der Waals surface area (Å²) in [5.74, 6) is -2.73. The minimum atomic E-state index is -1.06. The zero-order valence-corrected chi connectivity index (χ0v) is 9.23. The second-order valence-corrected chi connectivity index (χ2v) is 3.73. The first-order valence-corrected chi connectivity index (χ1v) is 5.14. The fraction of sp³-hybridized carbons (Fsp3) is 0. The number of benzene rings is 1. The summed E-state index contributed by atoms with van der Waals surface area (Å²) in [4.78, 5) is 33.4. The van der Waals surface area contributed by atoms with Gasteiger partial charge in [-0.15, -0.1) is 5.10 Å². The van der Waals surface area contributed by atoms with Gasteiger partial charge in [0.2, 0.25) is 5.69 Å². The van der Waals surface area contributed by atoms with Gasteiger partial charge in [0.1, 0.15) is 0 Å². The molecule has 0 bridgehead atoms. The van der Waals surface area contributed by atoms with Gasteiger partial charge in [-0.25, -0.2) is 19.1 Å². The van der Waals surface area contributed by atoms with Crippen molar-refractivity contribution in [2.75, 3.05) is 0 Å². The maximum atomic E-state index is 11.5. The van der Waals surface area contributed by atoms with E-state index in [1.807, 2.05) is 0 Å². The number of ether oxygens (including phenoxy) is 1. The quantitative estimate of drug-likeness (QED) is 0.608. The van der Waals surface area contributed by atoms with Gasteiger partial charge in [-0.1, -0.05) is 5.21 Å². The highest BCUT2D eigenvalue weighted by Gasteiger charge is 2.37. The van der Waals surface area contributed by atoms with Crippen LogP contribution in [0, 0.1) is 0 Å². The van der Waals surface area contributed by atoms with E-state index in [4.69, 9.17) is 5.11 Å². The van der Waals surface area contributed by atoms with Gasteiger partial charge in [-0.2, -0.15) is 0 Å². The monoisotopic (exact) mass is 259 g/mol. The molecular weight excluding hydrogens is 254 g/mol. The zero-order chi connectivity index (χ0) is 13.6. The Morgan fingerprint density at radius 3 is 2.47 bits per heavy atom. The van der Waals surface area contributed by atoms with E-state index in [9.17, 15) is 14.4 Å². The number of cyclic esters (lactones) is 2. The second kappa shape index (κ2) is 3.73. The molecular formula is C11H5N3O5. The zero-order valence-electron chi connectivity index (χ0n) is 9.23. The van der Waals surface area contributed by atoms with E-state index in [1.54, 1.807) is 0 Å². The number of carbonyl (C=O) groups excluding carboxylic acids is 2. The smallest absolute Gasteiger partial charge is 0.369 e. The predicted molar refractivity (Wildman–Crippen MR) is 58.1 cm³/mol. The van der Waals surface area contributed by atoms with Crippen molar-refractivity contribution >= 4 is 17.9 Å². The number of aromatic nitrogens is 3. The minimum absolute atomic E-state index is 0.0620. The molecule has 1 aliphatic rings. The molecule has 1 N–H and O–H groups in total. The summed E-state index contributed by atoms with van der Waals surface area (Å²) >= 11 is 0. The van der Waals surface area contributed by atoms with Gasteiger partial charge in [-0.05, 0) is 24.3 Å². The number of esters is 2. The molecule has 0 saturated heterocycles. The normalized spacial score (nSPS) is 13.3. The topological polar surface area (TPSA) is 111 Å². The van der Waals surface area contributed by atoms with Crippen LogP contribution in [0.4, 0.5) is 0 Å². The molecule has 0 aliphatic carbocycles. The number of carboxylic acid groups (broad SMARTS) is 1. The SMILES string of the molecule is O=C(O)c1ccc(-n2nnc3c2C(=O)OC3=O)cc1. The van der Waals surface area contributed by atoms with Crippen LogP contribution in [0.5, 0.6) is 0 Å². The van der Waals surface area contributed by atoms with Crippen LogP contribution >= 0.6 is 0 Å². The molecule has 2 aromatic rings. The maximum absolute atomic E-state index is 11.5. The number of hydrogen-bond acceptors (Lipinski definition) is 6. The number of aromatic carboxylic acids is 1. The van der Waals surface area contributed by atoms with Crippen LogP contribution < -0.4 is 0 Å². The molecule has 0 spiro atoms. The van der Waals surface area contributed by atoms with Crippen molar-refractivity contribution in [1.82, 2.24) is 15.0 Å². The molecule has 94 valence electrons. The summed E-state index contributed by atoms with van der Waals surface area (Å²) in [6.45, 7) is 0. The average Bonchev–Trinajstić information content (AvgIpc) is 2.93. The molecule has 8 nitrogen and oxygen atoms in total. The third-order valence-electron chi connectivity index (χ3n) is 2.60. The first-order valence-electron chi connectivity index (χ1n) is 5.14. The van der Waals surface area contributed by atoms with Crippen LogP contribution in [0.1, 0.15) is 31.3 Å². The third-order valence-corrected chi connectivity index (χ3v) is 2.60. The Hall–Kier alpha value is -3.03. The van der Waals surface area contributed by atoms with Crippen molar-refractivity contribution < 1.29 is 24.2 Å². The lowest BCUT2D eigenvalue weighted by Gasteiger charge is -2.02. The molecule has 1 aromatic carbocycles. The lowest BCUT2D eigenvalue weighted by atomic mass is 10.2. The highest BCUT2D eigenvalue weighted by Crippen LogP contribution is 2.20. The largest absolute Gasteiger partial charge is 0.478 e. The number of hydrogen-bond donors (Lipinski definition) is 1.